The fourth-order valence-electron chi connectivity index (χ4n) is 4.86. The highest BCUT2D eigenvalue weighted by Crippen LogP contribution is 2.33. The summed E-state index contributed by atoms with van der Waals surface area (Å²) in [7, 11) is 0. The van der Waals surface area contributed by atoms with Crippen molar-refractivity contribution in [2.24, 2.45) is 0 Å². The van der Waals surface area contributed by atoms with Gasteiger partial charge in [-0.25, -0.2) is 9.42 Å². The molecule has 1 saturated heterocycles. The molecule has 10 nitrogen and oxygen atoms in total. The standard InChI is InChI=1S/C26H27N5O5/c1-17-22(28-36-27-17)16-29-9-11-30(12-10-29)24(26(34)35)21-15-31(14-18-5-3-2-4-6-18)23-8-7-19(25(32)33)13-20(21)23/h2-8,13,15,24H,9-12,14,16H2,1H3,(H,32,33)(H,34,35)/t24-/m0/s1. The molecule has 1 aliphatic rings. The topological polar surface area (TPSA) is 125 Å². The van der Waals surface area contributed by atoms with Gasteiger partial charge in [0, 0.05) is 61.9 Å². The maximum absolute atomic E-state index is 12.6. The van der Waals surface area contributed by atoms with Gasteiger partial charge in [0.15, 0.2) is 0 Å². The van der Waals surface area contributed by atoms with Gasteiger partial charge in [-0.3, -0.25) is 14.6 Å². The van der Waals surface area contributed by atoms with Crippen molar-refractivity contribution in [1.82, 2.24) is 24.7 Å². The van der Waals surface area contributed by atoms with Crippen LogP contribution in [0.4, 0.5) is 0 Å². The van der Waals surface area contributed by atoms with E-state index in [-0.39, 0.29) is 5.56 Å². The van der Waals surface area contributed by atoms with Crippen LogP contribution in [0, 0.1) is 6.92 Å². The second kappa shape index (κ2) is 9.92. The fraction of sp³-hybridized carbons (Fsp3) is 0.308. The zero-order valence-electron chi connectivity index (χ0n) is 19.9. The first-order valence-electron chi connectivity index (χ1n) is 11.8. The lowest BCUT2D eigenvalue weighted by atomic mass is 10.0. The molecule has 0 radical (unpaired) electrons. The predicted molar refractivity (Wildman–Crippen MR) is 131 cm³/mol. The summed E-state index contributed by atoms with van der Waals surface area (Å²) in [6.45, 7) is 5.42. The minimum absolute atomic E-state index is 0.131. The molecule has 10 heteroatoms. The number of carboxylic acids is 2. The third kappa shape index (κ3) is 4.73. The Hall–Kier alpha value is -4.02. The van der Waals surface area contributed by atoms with Crippen molar-refractivity contribution in [3.63, 3.8) is 0 Å². The molecule has 2 aromatic heterocycles. The van der Waals surface area contributed by atoms with Crippen molar-refractivity contribution in [2.45, 2.75) is 26.1 Å². The van der Waals surface area contributed by atoms with Crippen molar-refractivity contribution in [3.8, 4) is 0 Å². The van der Waals surface area contributed by atoms with Crippen LogP contribution in [0.5, 0.6) is 0 Å². The SMILES string of the molecule is Cc1nonc1CN1CCN([C@H](C(=O)O)c2cn(Cc3ccccc3)c3ccc(C(=O)O)cc23)CC1. The minimum Gasteiger partial charge on any atom is -0.480 e. The number of carbonyl (C=O) groups is 2. The van der Waals surface area contributed by atoms with Crippen LogP contribution >= 0.6 is 0 Å². The average Bonchev–Trinajstić information content (AvgIpc) is 3.43. The van der Waals surface area contributed by atoms with Crippen LogP contribution in [0.2, 0.25) is 0 Å². The quantitative estimate of drug-likeness (QED) is 0.384. The number of aromatic carboxylic acids is 1. The summed E-state index contributed by atoms with van der Waals surface area (Å²) in [4.78, 5) is 28.4. The molecular formula is C26H27N5O5. The number of hydrogen-bond donors (Lipinski definition) is 2. The first-order chi connectivity index (χ1) is 17.4. The molecule has 186 valence electrons. The van der Waals surface area contributed by atoms with Gasteiger partial charge in [0.1, 0.15) is 17.4 Å². The largest absolute Gasteiger partial charge is 0.480 e. The summed E-state index contributed by atoms with van der Waals surface area (Å²) in [6, 6.07) is 13.9. The molecule has 2 N–H and O–H groups in total. The zero-order chi connectivity index (χ0) is 25.2. The van der Waals surface area contributed by atoms with Crippen molar-refractivity contribution in [2.75, 3.05) is 26.2 Å². The van der Waals surface area contributed by atoms with Gasteiger partial charge in [0.2, 0.25) is 0 Å². The maximum Gasteiger partial charge on any atom is 0.335 e. The number of piperazine rings is 1. The van der Waals surface area contributed by atoms with E-state index in [1.165, 1.54) is 0 Å². The fourth-order valence-corrected chi connectivity index (χ4v) is 4.86. The summed E-state index contributed by atoms with van der Waals surface area (Å²) < 4.78 is 6.79. The monoisotopic (exact) mass is 489 g/mol. The summed E-state index contributed by atoms with van der Waals surface area (Å²) >= 11 is 0. The van der Waals surface area contributed by atoms with Crippen LogP contribution in [-0.4, -0.2) is 73.0 Å². The predicted octanol–water partition coefficient (Wildman–Crippen LogP) is 3.02. The van der Waals surface area contributed by atoms with Crippen LogP contribution in [0.15, 0.2) is 59.4 Å². The molecule has 36 heavy (non-hydrogen) atoms. The number of nitrogens with zero attached hydrogens (tertiary/aromatic N) is 5. The van der Waals surface area contributed by atoms with Gasteiger partial charge in [-0.1, -0.05) is 40.6 Å². The van der Waals surface area contributed by atoms with E-state index < -0.39 is 18.0 Å². The molecule has 1 aliphatic heterocycles. The van der Waals surface area contributed by atoms with Crippen molar-refractivity contribution >= 4 is 22.8 Å². The Morgan fingerprint density at radius 1 is 1.00 bits per heavy atom. The highest BCUT2D eigenvalue weighted by atomic mass is 16.6. The number of aryl methyl sites for hydroxylation is 1. The molecule has 0 aliphatic carbocycles. The minimum atomic E-state index is -1.04. The lowest BCUT2D eigenvalue weighted by molar-refractivity contribution is -0.144. The Labute approximate surface area is 207 Å². The summed E-state index contributed by atoms with van der Waals surface area (Å²) in [6.07, 6.45) is 1.86. The maximum atomic E-state index is 12.6. The highest BCUT2D eigenvalue weighted by molar-refractivity contribution is 5.96. The molecule has 0 spiro atoms. The zero-order valence-corrected chi connectivity index (χ0v) is 19.9. The molecule has 5 rings (SSSR count). The lowest BCUT2D eigenvalue weighted by Gasteiger charge is -2.37. The number of fused-ring (bicyclic) bond motifs is 1. The Morgan fingerprint density at radius 3 is 2.39 bits per heavy atom. The van der Waals surface area contributed by atoms with E-state index in [4.69, 9.17) is 4.63 Å². The van der Waals surface area contributed by atoms with Gasteiger partial charge >= 0.3 is 11.9 Å². The number of aliphatic carboxylic acids is 1. The van der Waals surface area contributed by atoms with E-state index in [9.17, 15) is 19.8 Å². The molecule has 2 aromatic carbocycles. The molecule has 0 saturated carbocycles. The molecule has 3 heterocycles. The smallest absolute Gasteiger partial charge is 0.335 e. The second-order valence-electron chi connectivity index (χ2n) is 9.08. The number of carboxylic acid groups (broad SMARTS) is 2. The van der Waals surface area contributed by atoms with E-state index in [2.05, 4.69) is 15.2 Å². The Bertz CT molecular complexity index is 1390. The van der Waals surface area contributed by atoms with Gasteiger partial charge in [0.25, 0.3) is 0 Å². The average molecular weight is 490 g/mol. The number of benzene rings is 2. The van der Waals surface area contributed by atoms with Gasteiger partial charge in [-0.05, 0) is 30.7 Å². The van der Waals surface area contributed by atoms with Crippen LogP contribution in [0.25, 0.3) is 10.9 Å². The second-order valence-corrected chi connectivity index (χ2v) is 9.08. The Balaban J connectivity index is 1.46. The van der Waals surface area contributed by atoms with Gasteiger partial charge < -0.3 is 14.8 Å². The molecule has 4 aromatic rings. The summed E-state index contributed by atoms with van der Waals surface area (Å²) in [5, 5.41) is 28.3. The number of hydrogen-bond acceptors (Lipinski definition) is 7. The van der Waals surface area contributed by atoms with E-state index in [1.54, 1.807) is 18.2 Å². The lowest BCUT2D eigenvalue weighted by Crippen LogP contribution is -2.48. The molecular weight excluding hydrogens is 462 g/mol. The van der Waals surface area contributed by atoms with Crippen LogP contribution in [-0.2, 0) is 17.9 Å². The summed E-state index contributed by atoms with van der Waals surface area (Å²) in [5.74, 6) is -2.00. The van der Waals surface area contributed by atoms with E-state index in [0.29, 0.717) is 50.2 Å². The molecule has 1 fully saturated rings. The normalized spacial score (nSPS) is 15.8. The molecule has 0 bridgehead atoms. The molecule has 0 unspecified atom stereocenters. The van der Waals surface area contributed by atoms with E-state index in [1.807, 2.05) is 52.9 Å². The molecule has 0 amide bonds. The van der Waals surface area contributed by atoms with Gasteiger partial charge in [0.05, 0.1) is 5.56 Å². The Morgan fingerprint density at radius 2 is 1.75 bits per heavy atom. The molecule has 1 atom stereocenters. The summed E-state index contributed by atoms with van der Waals surface area (Å²) in [5.41, 5.74) is 4.14. The first kappa shape index (κ1) is 23.7. The van der Waals surface area contributed by atoms with Gasteiger partial charge in [-0.15, -0.1) is 0 Å². The Kier molecular flexibility index (Phi) is 6.53. The van der Waals surface area contributed by atoms with Crippen LogP contribution < -0.4 is 0 Å². The number of rotatable bonds is 8. The third-order valence-electron chi connectivity index (χ3n) is 6.77. The van der Waals surface area contributed by atoms with Crippen molar-refractivity contribution in [3.05, 3.63) is 82.8 Å². The van der Waals surface area contributed by atoms with Crippen LogP contribution in [0.1, 0.15) is 38.9 Å². The van der Waals surface area contributed by atoms with E-state index >= 15 is 0 Å². The van der Waals surface area contributed by atoms with Gasteiger partial charge in [-0.2, -0.15) is 0 Å². The van der Waals surface area contributed by atoms with E-state index in [0.717, 1.165) is 22.5 Å². The van der Waals surface area contributed by atoms with Crippen molar-refractivity contribution < 1.29 is 24.4 Å². The third-order valence-corrected chi connectivity index (χ3v) is 6.77. The first-order valence-corrected chi connectivity index (χ1v) is 11.8. The number of aromatic nitrogens is 3. The van der Waals surface area contributed by atoms with Crippen molar-refractivity contribution in [1.29, 1.82) is 0 Å². The highest BCUT2D eigenvalue weighted by Gasteiger charge is 2.33. The van der Waals surface area contributed by atoms with Crippen LogP contribution in [0.3, 0.4) is 0 Å².